The van der Waals surface area contributed by atoms with Crippen LogP contribution < -0.4 is 33.2 Å². The van der Waals surface area contributed by atoms with Crippen LogP contribution in [0.25, 0.3) is 0 Å². The maximum Gasteiger partial charge on any atom is 0.234 e. The quantitative estimate of drug-likeness (QED) is 0.118. The summed E-state index contributed by atoms with van der Waals surface area (Å²) in [5, 5.41) is 60.9. The smallest absolute Gasteiger partial charge is 0.234 e. The highest BCUT2D eigenvalue weighted by atomic mass is 16.8. The van der Waals surface area contributed by atoms with Gasteiger partial charge in [-0.05, 0) is 26.9 Å². The predicted molar refractivity (Wildman–Crippen MR) is 140 cm³/mol. The van der Waals surface area contributed by atoms with Gasteiger partial charge in [-0.25, -0.2) is 0 Å². The maximum absolute atomic E-state index is 12.0. The predicted octanol–water partition coefficient (Wildman–Crippen LogP) is -6.54. The van der Waals surface area contributed by atoms with Crippen molar-refractivity contribution in [3.05, 3.63) is 0 Å². The molecule has 17 heteroatoms. The van der Waals surface area contributed by atoms with Gasteiger partial charge < -0.3 is 82.4 Å². The number of nitrogens with one attached hydrogen (secondary N) is 3. The highest BCUT2D eigenvalue weighted by Gasteiger charge is 2.53. The Morgan fingerprint density at radius 2 is 1.59 bits per heavy atom. The number of rotatable bonds is 9. The molecule has 0 aromatic carbocycles. The number of hydrogen-bond acceptors (Lipinski definition) is 16. The fourth-order valence-electron chi connectivity index (χ4n) is 5.97. The standard InChI is InChI=1S/C24H46N6O11/c1-28-6-15(33)30-11-5-12(32)23(38-14(11)7-31)41-24-16(29-2)18(35)21-13(37-24)4-10(27)22(40-21)39-20-9(26)3-8(25)17(34)19(20)36/h8-14,16-24,28-29,31-32,34-36H,3-7,25-27H2,1-2H3,(H,30,33)/t8-,9?,10?,11+,12?,13+,14?,16?,17?,18?,19?,20+,21?,22+,23-,24?/m1/s1. The van der Waals surface area contributed by atoms with Gasteiger partial charge >= 0.3 is 0 Å². The third-order valence-corrected chi connectivity index (χ3v) is 8.23. The van der Waals surface area contributed by atoms with Gasteiger partial charge in [0.2, 0.25) is 5.91 Å². The second-order valence-electron chi connectivity index (χ2n) is 11.2. The number of ether oxygens (including phenoxy) is 5. The maximum atomic E-state index is 12.0. The molecular formula is C24H46N6O11. The molecule has 1 amide bonds. The molecule has 3 aliphatic heterocycles. The van der Waals surface area contributed by atoms with E-state index in [4.69, 9.17) is 40.9 Å². The number of aliphatic hydroxyl groups is 5. The highest BCUT2D eigenvalue weighted by molar-refractivity contribution is 5.78. The number of fused-ring (bicyclic) bond motifs is 1. The van der Waals surface area contributed by atoms with Crippen molar-refractivity contribution >= 4 is 5.91 Å². The summed E-state index contributed by atoms with van der Waals surface area (Å²) >= 11 is 0. The minimum atomic E-state index is -1.35. The van der Waals surface area contributed by atoms with E-state index in [1.165, 1.54) is 0 Å². The van der Waals surface area contributed by atoms with E-state index in [1.807, 2.05) is 0 Å². The summed E-state index contributed by atoms with van der Waals surface area (Å²) in [4.78, 5) is 12.0. The summed E-state index contributed by atoms with van der Waals surface area (Å²) in [6.07, 6.45) is -11.4. The Hall–Kier alpha value is -1.13. The molecule has 0 aromatic rings. The lowest BCUT2D eigenvalue weighted by atomic mass is 9.84. The molecule has 4 aliphatic rings. The Bertz CT molecular complexity index is 863. The molecule has 4 fully saturated rings. The summed E-state index contributed by atoms with van der Waals surface area (Å²) < 4.78 is 29.8. The molecule has 0 radical (unpaired) electrons. The second-order valence-corrected chi connectivity index (χ2v) is 11.2. The van der Waals surface area contributed by atoms with Gasteiger partial charge in [0.15, 0.2) is 18.9 Å². The zero-order valence-electron chi connectivity index (χ0n) is 23.2. The number of hydrogen-bond donors (Lipinski definition) is 11. The minimum Gasteiger partial charge on any atom is -0.394 e. The largest absolute Gasteiger partial charge is 0.394 e. The Balaban J connectivity index is 1.39. The lowest BCUT2D eigenvalue weighted by Crippen LogP contribution is -2.69. The SMILES string of the molecule is CNCC(=O)N[C@H]1CC(O)[C@@H](OC2O[C@H]3CC(N)[C@@H](O[C@H]4C(N)C[C@@H](N)C(O)C4O)OC3C(O)C2NC)OC1CO. The van der Waals surface area contributed by atoms with Crippen molar-refractivity contribution < 1.29 is 54.0 Å². The van der Waals surface area contributed by atoms with Crippen molar-refractivity contribution in [2.75, 3.05) is 27.2 Å². The fraction of sp³-hybridized carbons (Fsp3) is 0.958. The molecule has 41 heavy (non-hydrogen) atoms. The average molecular weight is 595 g/mol. The average Bonchev–Trinajstić information content (AvgIpc) is 2.92. The third-order valence-electron chi connectivity index (χ3n) is 8.23. The van der Waals surface area contributed by atoms with E-state index in [0.717, 1.165) is 0 Å². The molecule has 4 rings (SSSR count). The molecule has 17 nitrogen and oxygen atoms in total. The number of aliphatic hydroxyl groups excluding tert-OH is 5. The van der Waals surface area contributed by atoms with E-state index in [2.05, 4.69) is 16.0 Å². The lowest BCUT2D eigenvalue weighted by Gasteiger charge is -2.51. The topological polar surface area (TPSA) is 279 Å². The molecular weight excluding hydrogens is 548 g/mol. The van der Waals surface area contributed by atoms with Crippen molar-refractivity contribution in [1.29, 1.82) is 0 Å². The molecule has 1 saturated carbocycles. The first-order valence-electron chi connectivity index (χ1n) is 14.0. The van der Waals surface area contributed by atoms with Gasteiger partial charge in [-0.15, -0.1) is 0 Å². The van der Waals surface area contributed by atoms with E-state index in [9.17, 15) is 30.3 Å². The molecule has 3 heterocycles. The molecule has 0 spiro atoms. The van der Waals surface area contributed by atoms with Crippen molar-refractivity contribution in [2.24, 2.45) is 17.2 Å². The van der Waals surface area contributed by atoms with Crippen molar-refractivity contribution in [3.8, 4) is 0 Å². The zero-order chi connectivity index (χ0) is 30.0. The van der Waals surface area contributed by atoms with Crippen LogP contribution in [0.2, 0.25) is 0 Å². The van der Waals surface area contributed by atoms with Crippen molar-refractivity contribution in [1.82, 2.24) is 16.0 Å². The molecule has 14 N–H and O–H groups in total. The molecule has 10 unspecified atom stereocenters. The first-order valence-corrected chi connectivity index (χ1v) is 14.0. The van der Waals surface area contributed by atoms with E-state index in [1.54, 1.807) is 14.1 Å². The Labute approximate surface area is 237 Å². The van der Waals surface area contributed by atoms with Gasteiger partial charge in [-0.1, -0.05) is 0 Å². The number of carbonyl (C=O) groups is 1. The van der Waals surface area contributed by atoms with Crippen molar-refractivity contribution in [3.63, 3.8) is 0 Å². The second kappa shape index (κ2) is 14.1. The number of likely N-dealkylation sites (N-methyl/N-ethyl adjacent to an activating group) is 2. The Kier molecular flexibility index (Phi) is 11.3. The minimum absolute atomic E-state index is 0.0542. The van der Waals surface area contributed by atoms with Gasteiger partial charge in [-0.2, -0.15) is 0 Å². The monoisotopic (exact) mass is 594 g/mol. The van der Waals surface area contributed by atoms with Crippen LogP contribution >= 0.6 is 0 Å². The van der Waals surface area contributed by atoms with Crippen LogP contribution in [0.3, 0.4) is 0 Å². The summed E-state index contributed by atoms with van der Waals surface area (Å²) in [6.45, 7) is -0.372. The van der Waals surface area contributed by atoms with Crippen LogP contribution in [0.4, 0.5) is 0 Å². The molecule has 16 atom stereocenters. The molecule has 0 bridgehead atoms. The van der Waals surface area contributed by atoms with E-state index < -0.39 is 105 Å². The normalized spacial score (nSPS) is 48.8. The summed E-state index contributed by atoms with van der Waals surface area (Å²) in [7, 11) is 3.20. The van der Waals surface area contributed by atoms with Crippen LogP contribution in [0.5, 0.6) is 0 Å². The first kappa shape index (κ1) is 32.8. The Morgan fingerprint density at radius 1 is 0.854 bits per heavy atom. The van der Waals surface area contributed by atoms with Gasteiger partial charge in [0, 0.05) is 18.5 Å². The third kappa shape index (κ3) is 7.17. The van der Waals surface area contributed by atoms with Crippen LogP contribution in [0, 0.1) is 0 Å². The van der Waals surface area contributed by atoms with Gasteiger partial charge in [0.1, 0.15) is 36.6 Å². The highest BCUT2D eigenvalue weighted by Crippen LogP contribution is 2.35. The molecule has 3 saturated heterocycles. The molecule has 238 valence electrons. The molecule has 1 aliphatic carbocycles. The zero-order valence-corrected chi connectivity index (χ0v) is 23.2. The van der Waals surface area contributed by atoms with Crippen molar-refractivity contribution in [2.45, 2.75) is 117 Å². The van der Waals surface area contributed by atoms with Gasteiger partial charge in [0.25, 0.3) is 0 Å². The number of nitrogens with two attached hydrogens (primary N) is 3. The summed E-state index contributed by atoms with van der Waals surface area (Å²) in [5.41, 5.74) is 18.3. The number of amides is 1. The fourth-order valence-corrected chi connectivity index (χ4v) is 5.97. The van der Waals surface area contributed by atoms with E-state index in [-0.39, 0.29) is 31.7 Å². The van der Waals surface area contributed by atoms with E-state index >= 15 is 0 Å². The van der Waals surface area contributed by atoms with Crippen LogP contribution in [0.1, 0.15) is 19.3 Å². The number of carbonyl (C=O) groups excluding carboxylic acids is 1. The van der Waals surface area contributed by atoms with Crippen LogP contribution in [-0.2, 0) is 28.5 Å². The molecule has 0 aromatic heterocycles. The lowest BCUT2D eigenvalue weighted by molar-refractivity contribution is -0.367. The van der Waals surface area contributed by atoms with Gasteiger partial charge in [-0.3, -0.25) is 4.79 Å². The van der Waals surface area contributed by atoms with Crippen LogP contribution in [0.15, 0.2) is 0 Å². The summed E-state index contributed by atoms with van der Waals surface area (Å²) in [6, 6.07) is -3.61. The summed E-state index contributed by atoms with van der Waals surface area (Å²) in [5.74, 6) is -0.318. The van der Waals surface area contributed by atoms with E-state index in [0.29, 0.717) is 0 Å². The first-order chi connectivity index (χ1) is 19.5. The van der Waals surface area contributed by atoms with Gasteiger partial charge in [0.05, 0.1) is 43.5 Å². The Morgan fingerprint density at radius 3 is 2.24 bits per heavy atom. The van der Waals surface area contributed by atoms with Crippen LogP contribution in [-0.4, -0.2) is 157 Å².